The summed E-state index contributed by atoms with van der Waals surface area (Å²) >= 11 is 0. The first-order valence-electron chi connectivity index (χ1n) is 18.6. The lowest BCUT2D eigenvalue weighted by Crippen LogP contribution is -2.11. The third kappa shape index (κ3) is 4.67. The molecule has 0 fully saturated rings. The van der Waals surface area contributed by atoms with Crippen molar-refractivity contribution in [2.75, 3.05) is 4.90 Å². The Kier molecular flexibility index (Phi) is 6.90. The van der Waals surface area contributed by atoms with Crippen LogP contribution in [0.4, 0.5) is 17.1 Å². The Bertz CT molecular complexity index is 2940. The van der Waals surface area contributed by atoms with Crippen LogP contribution in [-0.2, 0) is 0 Å². The quantitative estimate of drug-likeness (QED) is 0.169. The fourth-order valence-electron chi connectivity index (χ4n) is 8.73. The number of aromatic nitrogens is 1. The van der Waals surface area contributed by atoms with E-state index in [1.807, 2.05) is 0 Å². The van der Waals surface area contributed by atoms with Crippen LogP contribution in [0.5, 0.6) is 0 Å². The molecule has 0 bridgehead atoms. The zero-order chi connectivity index (χ0) is 35.6. The molecule has 252 valence electrons. The minimum absolute atomic E-state index is 1.11. The van der Waals surface area contributed by atoms with Crippen molar-refractivity contribution in [1.29, 1.82) is 0 Å². The Balaban J connectivity index is 1.04. The standard InChI is InChI=1S/C52H34N2/c1-2-13-37(14-3-1)40-15-6-9-22-48(40)53(51-34-33-46-42-17-5-4-16-41(42)45-20-12-21-47(51)52(45)46)38-29-25-35(26-30-38)36-27-31-39(32-28-36)54-49-23-10-7-18-43(49)44-19-8-11-24-50(44)54/h1-34H. The lowest BCUT2D eigenvalue weighted by atomic mass is 9.98. The lowest BCUT2D eigenvalue weighted by Gasteiger charge is -2.29. The highest BCUT2D eigenvalue weighted by Crippen LogP contribution is 2.52. The maximum atomic E-state index is 2.45. The number of anilines is 3. The summed E-state index contributed by atoms with van der Waals surface area (Å²) in [6, 6.07) is 75.1. The van der Waals surface area contributed by atoms with Crippen molar-refractivity contribution in [1.82, 2.24) is 4.57 Å². The molecule has 1 aromatic heterocycles. The summed E-state index contributed by atoms with van der Waals surface area (Å²) in [6.07, 6.45) is 0. The first-order valence-corrected chi connectivity index (χ1v) is 18.6. The molecule has 0 radical (unpaired) electrons. The van der Waals surface area contributed by atoms with E-state index in [0.717, 1.165) is 22.7 Å². The number of fused-ring (bicyclic) bond motifs is 6. The van der Waals surface area contributed by atoms with Gasteiger partial charge in [-0.3, -0.25) is 0 Å². The molecule has 0 saturated carbocycles. The zero-order valence-corrected chi connectivity index (χ0v) is 29.5. The fraction of sp³-hybridized carbons (Fsp3) is 0. The van der Waals surface area contributed by atoms with Crippen molar-refractivity contribution >= 4 is 49.6 Å². The largest absolute Gasteiger partial charge is 0.309 e. The molecule has 0 amide bonds. The van der Waals surface area contributed by atoms with E-state index in [0.29, 0.717) is 0 Å². The Morgan fingerprint density at radius 3 is 1.50 bits per heavy atom. The maximum Gasteiger partial charge on any atom is 0.0541 e. The Hall–Kier alpha value is -7.16. The van der Waals surface area contributed by atoms with Gasteiger partial charge in [0.1, 0.15) is 0 Å². The summed E-state index contributed by atoms with van der Waals surface area (Å²) in [4.78, 5) is 2.45. The van der Waals surface area contributed by atoms with Gasteiger partial charge in [0.05, 0.1) is 22.4 Å². The number of para-hydroxylation sites is 3. The Morgan fingerprint density at radius 2 is 0.815 bits per heavy atom. The van der Waals surface area contributed by atoms with Crippen LogP contribution in [-0.4, -0.2) is 4.57 Å². The van der Waals surface area contributed by atoms with Crippen molar-refractivity contribution in [3.05, 3.63) is 206 Å². The molecule has 9 aromatic carbocycles. The molecule has 1 aliphatic rings. The molecule has 0 aliphatic heterocycles. The summed E-state index contributed by atoms with van der Waals surface area (Å²) in [7, 11) is 0. The van der Waals surface area contributed by atoms with E-state index in [2.05, 4.69) is 216 Å². The first-order chi connectivity index (χ1) is 26.8. The third-order valence-corrected chi connectivity index (χ3v) is 11.2. The van der Waals surface area contributed by atoms with Crippen molar-refractivity contribution < 1.29 is 0 Å². The number of hydrogen-bond donors (Lipinski definition) is 0. The monoisotopic (exact) mass is 686 g/mol. The predicted molar refractivity (Wildman–Crippen MR) is 228 cm³/mol. The number of benzene rings is 9. The smallest absolute Gasteiger partial charge is 0.0541 e. The number of rotatable bonds is 6. The first kappa shape index (κ1) is 30.5. The van der Waals surface area contributed by atoms with E-state index in [1.165, 1.54) is 77.1 Å². The average molecular weight is 687 g/mol. The Labute approximate surface area is 314 Å². The fourth-order valence-corrected chi connectivity index (χ4v) is 8.73. The van der Waals surface area contributed by atoms with Gasteiger partial charge in [-0.25, -0.2) is 0 Å². The second-order valence-electron chi connectivity index (χ2n) is 14.1. The van der Waals surface area contributed by atoms with Gasteiger partial charge in [0.15, 0.2) is 0 Å². The highest BCUT2D eigenvalue weighted by Gasteiger charge is 2.25. The third-order valence-electron chi connectivity index (χ3n) is 11.2. The van der Waals surface area contributed by atoms with E-state index in [1.54, 1.807) is 0 Å². The predicted octanol–water partition coefficient (Wildman–Crippen LogP) is 14.4. The van der Waals surface area contributed by atoms with Crippen molar-refractivity contribution in [3.63, 3.8) is 0 Å². The van der Waals surface area contributed by atoms with Crippen molar-refractivity contribution in [3.8, 4) is 50.2 Å². The molecule has 11 rings (SSSR count). The van der Waals surface area contributed by atoms with Crippen LogP contribution in [0.3, 0.4) is 0 Å². The van der Waals surface area contributed by atoms with Gasteiger partial charge < -0.3 is 9.47 Å². The molecule has 2 heteroatoms. The van der Waals surface area contributed by atoms with Crippen LogP contribution in [0.15, 0.2) is 206 Å². The van der Waals surface area contributed by atoms with E-state index in [4.69, 9.17) is 0 Å². The molecule has 0 N–H and O–H groups in total. The van der Waals surface area contributed by atoms with E-state index >= 15 is 0 Å². The Morgan fingerprint density at radius 1 is 0.296 bits per heavy atom. The minimum Gasteiger partial charge on any atom is -0.309 e. The van der Waals surface area contributed by atoms with Crippen LogP contribution in [0, 0.1) is 0 Å². The number of hydrogen-bond acceptors (Lipinski definition) is 1. The van der Waals surface area contributed by atoms with Gasteiger partial charge in [-0.15, -0.1) is 0 Å². The van der Waals surface area contributed by atoms with Crippen LogP contribution < -0.4 is 4.90 Å². The molecule has 54 heavy (non-hydrogen) atoms. The van der Waals surface area contributed by atoms with Gasteiger partial charge in [-0.1, -0.05) is 158 Å². The van der Waals surface area contributed by atoms with E-state index in [9.17, 15) is 0 Å². The summed E-state index contributed by atoms with van der Waals surface area (Å²) < 4.78 is 2.37. The molecule has 0 atom stereocenters. The molecular formula is C52H34N2. The highest BCUT2D eigenvalue weighted by molar-refractivity contribution is 6.19. The SMILES string of the molecule is c1ccc(-c2ccccc2N(c2ccc(-c3ccc(-n4c5ccccc5c5ccccc54)cc3)cc2)c2ccc3c4c(cccc24)-c2ccccc2-3)cc1. The van der Waals surface area contributed by atoms with Crippen LogP contribution in [0.2, 0.25) is 0 Å². The van der Waals surface area contributed by atoms with Crippen molar-refractivity contribution in [2.24, 2.45) is 0 Å². The lowest BCUT2D eigenvalue weighted by molar-refractivity contribution is 1.18. The summed E-state index contributed by atoms with van der Waals surface area (Å²) in [5.41, 5.74) is 17.0. The van der Waals surface area contributed by atoms with E-state index < -0.39 is 0 Å². The van der Waals surface area contributed by atoms with Gasteiger partial charge in [-0.2, -0.15) is 0 Å². The van der Waals surface area contributed by atoms with Gasteiger partial charge >= 0.3 is 0 Å². The van der Waals surface area contributed by atoms with Gasteiger partial charge in [0.2, 0.25) is 0 Å². The molecule has 0 saturated heterocycles. The second-order valence-corrected chi connectivity index (χ2v) is 14.1. The summed E-state index contributed by atoms with van der Waals surface area (Å²) in [6.45, 7) is 0. The van der Waals surface area contributed by atoms with Gasteiger partial charge in [0.25, 0.3) is 0 Å². The molecular weight excluding hydrogens is 653 g/mol. The van der Waals surface area contributed by atoms with Crippen LogP contribution >= 0.6 is 0 Å². The molecule has 1 heterocycles. The number of nitrogens with zero attached hydrogens (tertiary/aromatic N) is 2. The summed E-state index contributed by atoms with van der Waals surface area (Å²) in [5.74, 6) is 0. The normalized spacial score (nSPS) is 11.7. The molecule has 10 aromatic rings. The maximum absolute atomic E-state index is 2.45. The van der Waals surface area contributed by atoms with Gasteiger partial charge in [0, 0.05) is 33.1 Å². The van der Waals surface area contributed by atoms with Crippen molar-refractivity contribution in [2.45, 2.75) is 0 Å². The summed E-state index contributed by atoms with van der Waals surface area (Å²) in [5, 5.41) is 5.11. The van der Waals surface area contributed by atoms with Crippen LogP contribution in [0.25, 0.3) is 82.8 Å². The average Bonchev–Trinajstić information content (AvgIpc) is 3.76. The second kappa shape index (κ2) is 12.2. The molecule has 0 spiro atoms. The topological polar surface area (TPSA) is 8.17 Å². The van der Waals surface area contributed by atoms with Gasteiger partial charge in [-0.05, 0) is 92.9 Å². The molecule has 0 unspecified atom stereocenters. The van der Waals surface area contributed by atoms with Crippen LogP contribution in [0.1, 0.15) is 0 Å². The minimum atomic E-state index is 1.11. The van der Waals surface area contributed by atoms with E-state index in [-0.39, 0.29) is 0 Å². The zero-order valence-electron chi connectivity index (χ0n) is 29.5. The highest BCUT2D eigenvalue weighted by atomic mass is 15.1. The molecule has 1 aliphatic carbocycles. The molecule has 2 nitrogen and oxygen atoms in total.